The number of rotatable bonds is 4. The molecule has 1 N–H and O–H groups in total. The van der Waals surface area contributed by atoms with Crippen molar-refractivity contribution in [2.75, 3.05) is 13.6 Å². The summed E-state index contributed by atoms with van der Waals surface area (Å²) < 4.78 is 0. The van der Waals surface area contributed by atoms with E-state index in [2.05, 4.69) is 63.4 Å². The van der Waals surface area contributed by atoms with Crippen molar-refractivity contribution in [3.63, 3.8) is 0 Å². The Hall–Kier alpha value is -1.15. The highest BCUT2D eigenvalue weighted by molar-refractivity contribution is 5.34. The molecule has 0 heterocycles. The van der Waals surface area contributed by atoms with Gasteiger partial charge >= 0.3 is 0 Å². The van der Waals surface area contributed by atoms with E-state index in [0.717, 1.165) is 13.0 Å². The van der Waals surface area contributed by atoms with E-state index in [1.165, 1.54) is 5.57 Å². The van der Waals surface area contributed by atoms with Crippen LogP contribution in [0.15, 0.2) is 36.0 Å². The molecule has 0 aromatic carbocycles. The zero-order chi connectivity index (χ0) is 14.2. The van der Waals surface area contributed by atoms with Crippen LogP contribution in [0.2, 0.25) is 0 Å². The van der Waals surface area contributed by atoms with Gasteiger partial charge in [-0.15, -0.1) is 0 Å². The van der Waals surface area contributed by atoms with Crippen molar-refractivity contribution >= 4 is 6.79 Å². The van der Waals surface area contributed by atoms with Gasteiger partial charge in [0.1, 0.15) is 6.79 Å². The first kappa shape index (κ1) is 16.9. The van der Waals surface area contributed by atoms with Crippen LogP contribution in [0.4, 0.5) is 0 Å². The van der Waals surface area contributed by atoms with Crippen molar-refractivity contribution < 1.29 is 4.79 Å². The Kier molecular flexibility index (Phi) is 6.85. The first-order valence-corrected chi connectivity index (χ1v) is 6.40. The van der Waals surface area contributed by atoms with Crippen molar-refractivity contribution in [1.29, 1.82) is 0 Å². The molecule has 0 fully saturated rings. The molecule has 0 unspecified atom stereocenters. The van der Waals surface area contributed by atoms with Crippen LogP contribution in [-0.2, 0) is 4.79 Å². The predicted octanol–water partition coefficient (Wildman–Crippen LogP) is 3.52. The summed E-state index contributed by atoms with van der Waals surface area (Å²) in [6.07, 6.45) is 12.4. The molecule has 0 radical (unpaired) electrons. The fourth-order valence-electron chi connectivity index (χ4n) is 1.85. The average molecular weight is 249 g/mol. The smallest absolute Gasteiger partial charge is 0.106 e. The van der Waals surface area contributed by atoms with E-state index in [1.54, 1.807) is 0 Å². The molecule has 2 heteroatoms. The molecule has 1 aliphatic carbocycles. The third-order valence-electron chi connectivity index (χ3n) is 3.28. The van der Waals surface area contributed by atoms with Gasteiger partial charge in [-0.3, -0.25) is 0 Å². The number of allylic oxidation sites excluding steroid dienone is 6. The normalized spacial score (nSPS) is 17.5. The van der Waals surface area contributed by atoms with Crippen LogP contribution in [0, 0.1) is 10.8 Å². The highest BCUT2D eigenvalue weighted by atomic mass is 16.1. The van der Waals surface area contributed by atoms with Gasteiger partial charge in [0.25, 0.3) is 0 Å². The van der Waals surface area contributed by atoms with Crippen LogP contribution >= 0.6 is 0 Å². The Morgan fingerprint density at radius 2 is 1.89 bits per heavy atom. The molecule has 0 spiro atoms. The molecule has 1 aliphatic rings. The molecule has 0 bridgehead atoms. The second-order valence-electron chi connectivity index (χ2n) is 5.87. The lowest BCUT2D eigenvalue weighted by molar-refractivity contribution is -0.0979. The number of hydrogen-bond donors (Lipinski definition) is 1. The maximum atomic E-state index is 8.00. The van der Waals surface area contributed by atoms with E-state index < -0.39 is 0 Å². The summed E-state index contributed by atoms with van der Waals surface area (Å²) in [6, 6.07) is 0. The van der Waals surface area contributed by atoms with Gasteiger partial charge in [-0.05, 0) is 31.0 Å². The highest BCUT2D eigenvalue weighted by Crippen LogP contribution is 2.34. The number of hydrogen-bond acceptors (Lipinski definition) is 2. The molecule has 102 valence electrons. The number of carbonyl (C=O) groups is 1. The van der Waals surface area contributed by atoms with Gasteiger partial charge in [0, 0.05) is 5.41 Å². The minimum atomic E-state index is 0.178. The standard InChI is InChI=1S/C15H25N.CH2O/c1-14(2)9-6-7-13(8-10-14)15(3,4)11-12-16-5;1-2/h6-10,16H,11-12H2,1-5H3;1H2. The Bertz CT molecular complexity index is 335. The SMILES string of the molecule is C=O.CNCCC(C)(C)C1=CC=CC(C)(C)C=C1. The van der Waals surface area contributed by atoms with E-state index in [9.17, 15) is 0 Å². The van der Waals surface area contributed by atoms with Crippen LogP contribution in [-0.4, -0.2) is 20.4 Å². The summed E-state index contributed by atoms with van der Waals surface area (Å²) in [7, 11) is 2.01. The molecular formula is C16H27NO. The van der Waals surface area contributed by atoms with E-state index in [0.29, 0.717) is 0 Å². The molecule has 0 aromatic rings. The molecule has 0 atom stereocenters. The highest BCUT2D eigenvalue weighted by Gasteiger charge is 2.22. The Labute approximate surface area is 112 Å². The summed E-state index contributed by atoms with van der Waals surface area (Å²) in [5.74, 6) is 0. The lowest BCUT2D eigenvalue weighted by Gasteiger charge is -2.26. The van der Waals surface area contributed by atoms with Gasteiger partial charge in [-0.1, -0.05) is 58.1 Å². The van der Waals surface area contributed by atoms with Gasteiger partial charge in [0.15, 0.2) is 0 Å². The van der Waals surface area contributed by atoms with Crippen molar-refractivity contribution in [2.24, 2.45) is 10.8 Å². The Morgan fingerprint density at radius 1 is 1.28 bits per heavy atom. The van der Waals surface area contributed by atoms with Gasteiger partial charge in [-0.2, -0.15) is 0 Å². The van der Waals surface area contributed by atoms with Crippen LogP contribution in [0.25, 0.3) is 0 Å². The van der Waals surface area contributed by atoms with E-state index in [4.69, 9.17) is 4.79 Å². The van der Waals surface area contributed by atoms with Gasteiger partial charge in [0.2, 0.25) is 0 Å². The summed E-state index contributed by atoms with van der Waals surface area (Å²) in [4.78, 5) is 8.00. The molecule has 1 rings (SSSR count). The third kappa shape index (κ3) is 5.46. The summed E-state index contributed by atoms with van der Waals surface area (Å²) in [6.45, 7) is 12.2. The molecule has 18 heavy (non-hydrogen) atoms. The maximum Gasteiger partial charge on any atom is 0.106 e. The zero-order valence-corrected chi connectivity index (χ0v) is 12.4. The van der Waals surface area contributed by atoms with Gasteiger partial charge in [0.05, 0.1) is 0 Å². The quantitative estimate of drug-likeness (QED) is 0.826. The fourth-order valence-corrected chi connectivity index (χ4v) is 1.85. The van der Waals surface area contributed by atoms with Crippen molar-refractivity contribution in [2.45, 2.75) is 34.1 Å². The molecule has 0 saturated carbocycles. The lowest BCUT2D eigenvalue weighted by Crippen LogP contribution is -2.21. The zero-order valence-electron chi connectivity index (χ0n) is 12.4. The third-order valence-corrected chi connectivity index (χ3v) is 3.28. The molecule has 2 nitrogen and oxygen atoms in total. The molecule has 0 aromatic heterocycles. The second-order valence-corrected chi connectivity index (χ2v) is 5.87. The first-order valence-electron chi connectivity index (χ1n) is 6.40. The monoisotopic (exact) mass is 249 g/mol. The Morgan fingerprint density at radius 3 is 2.44 bits per heavy atom. The Balaban J connectivity index is 0.00000137. The summed E-state index contributed by atoms with van der Waals surface area (Å²) in [5, 5.41) is 3.23. The summed E-state index contributed by atoms with van der Waals surface area (Å²) >= 11 is 0. The minimum absolute atomic E-state index is 0.178. The molecule has 0 saturated heterocycles. The first-order chi connectivity index (χ1) is 8.37. The lowest BCUT2D eigenvalue weighted by atomic mass is 9.80. The van der Waals surface area contributed by atoms with Crippen LogP contribution < -0.4 is 5.32 Å². The topological polar surface area (TPSA) is 29.1 Å². The number of carbonyl (C=O) groups excluding carboxylic acids is 1. The summed E-state index contributed by atoms with van der Waals surface area (Å²) in [5.41, 5.74) is 1.84. The molecular weight excluding hydrogens is 222 g/mol. The van der Waals surface area contributed by atoms with Crippen LogP contribution in [0.3, 0.4) is 0 Å². The largest absolute Gasteiger partial charge is 0.320 e. The molecule has 0 aliphatic heterocycles. The van der Waals surface area contributed by atoms with E-state index >= 15 is 0 Å². The van der Waals surface area contributed by atoms with Crippen LogP contribution in [0.1, 0.15) is 34.1 Å². The van der Waals surface area contributed by atoms with E-state index in [-0.39, 0.29) is 10.8 Å². The van der Waals surface area contributed by atoms with Crippen LogP contribution in [0.5, 0.6) is 0 Å². The van der Waals surface area contributed by atoms with Crippen molar-refractivity contribution in [3.8, 4) is 0 Å². The number of nitrogens with one attached hydrogen (secondary N) is 1. The maximum absolute atomic E-state index is 8.00. The van der Waals surface area contributed by atoms with Gasteiger partial charge in [-0.25, -0.2) is 0 Å². The van der Waals surface area contributed by atoms with Crippen molar-refractivity contribution in [3.05, 3.63) is 36.0 Å². The fraction of sp³-hybridized carbons (Fsp3) is 0.562. The van der Waals surface area contributed by atoms with E-state index in [1.807, 2.05) is 13.8 Å². The predicted molar refractivity (Wildman–Crippen MR) is 79.6 cm³/mol. The average Bonchev–Trinajstić information content (AvgIpc) is 2.51. The molecule has 0 amide bonds. The minimum Gasteiger partial charge on any atom is -0.320 e. The second kappa shape index (κ2) is 7.32. The van der Waals surface area contributed by atoms with Crippen molar-refractivity contribution in [1.82, 2.24) is 5.32 Å². The van der Waals surface area contributed by atoms with Gasteiger partial charge < -0.3 is 10.1 Å².